The zero-order valence-corrected chi connectivity index (χ0v) is 16.3. The fourth-order valence-corrected chi connectivity index (χ4v) is 3.64. The van der Waals surface area contributed by atoms with Gasteiger partial charge in [0.15, 0.2) is 0 Å². The minimum Gasteiger partial charge on any atom is -0.497 e. The van der Waals surface area contributed by atoms with Crippen molar-refractivity contribution in [3.63, 3.8) is 0 Å². The summed E-state index contributed by atoms with van der Waals surface area (Å²) in [4.78, 5) is 13.9. The first kappa shape index (κ1) is 20.5. The van der Waals surface area contributed by atoms with Crippen LogP contribution in [0, 0.1) is 5.92 Å². The van der Waals surface area contributed by atoms with Crippen molar-refractivity contribution in [1.29, 1.82) is 0 Å². The number of methoxy groups -OCH3 is 2. The van der Waals surface area contributed by atoms with Gasteiger partial charge in [0.2, 0.25) is 0 Å². The number of esters is 1. The Balaban J connectivity index is 1.91. The van der Waals surface area contributed by atoms with Crippen molar-refractivity contribution >= 4 is 5.97 Å². The highest BCUT2D eigenvalue weighted by molar-refractivity contribution is 5.72. The zero-order chi connectivity index (χ0) is 19.2. The molecule has 0 amide bonds. The largest absolute Gasteiger partial charge is 0.497 e. The molecular weight excluding hydrogens is 334 g/mol. The molecule has 146 valence electrons. The number of aliphatic hydroxyl groups is 1. The monoisotopic (exact) mass is 365 g/mol. The molecule has 2 rings (SSSR count). The van der Waals surface area contributed by atoms with Crippen molar-refractivity contribution in [2.75, 3.05) is 34.4 Å². The number of nitrogens with zero attached hydrogens (tertiary/aromatic N) is 1. The van der Waals surface area contributed by atoms with Crippen LogP contribution >= 0.6 is 0 Å². The Morgan fingerprint density at radius 2 is 1.96 bits per heavy atom. The Morgan fingerprint density at radius 1 is 1.27 bits per heavy atom. The van der Waals surface area contributed by atoms with E-state index in [0.717, 1.165) is 17.1 Å². The molecule has 6 nitrogen and oxygen atoms in total. The second kappa shape index (κ2) is 9.24. The molecule has 0 unspecified atom stereocenters. The van der Waals surface area contributed by atoms with Crippen LogP contribution in [0.4, 0.5) is 0 Å². The van der Waals surface area contributed by atoms with Crippen LogP contribution in [0.1, 0.15) is 38.2 Å². The van der Waals surface area contributed by atoms with Gasteiger partial charge in [-0.2, -0.15) is 0 Å². The first-order chi connectivity index (χ1) is 12.4. The number of carbonyl (C=O) groups is 1. The zero-order valence-electron chi connectivity index (χ0n) is 16.3. The molecule has 0 heterocycles. The summed E-state index contributed by atoms with van der Waals surface area (Å²) in [6, 6.07) is 5.75. The molecule has 1 N–H and O–H groups in total. The second-order valence-corrected chi connectivity index (χ2v) is 7.10. The molecule has 26 heavy (non-hydrogen) atoms. The standard InChI is InChI=1S/C20H31NO5/c1-5-26-19(22)15-8-10-20(23,11-9-15)14-21(2)13-16-6-7-17(24-3)12-18(16)25-4/h6-7,12,15,23H,5,8-11,13-14H2,1-4H3. The smallest absolute Gasteiger partial charge is 0.308 e. The molecule has 0 bridgehead atoms. The van der Waals surface area contributed by atoms with Gasteiger partial charge in [-0.05, 0) is 45.7 Å². The molecule has 0 aliphatic heterocycles. The highest BCUT2D eigenvalue weighted by Gasteiger charge is 2.37. The van der Waals surface area contributed by atoms with Crippen molar-refractivity contribution in [2.24, 2.45) is 5.92 Å². The third-order valence-electron chi connectivity index (χ3n) is 5.03. The molecule has 1 aromatic rings. The minimum absolute atomic E-state index is 0.0813. The fourth-order valence-electron chi connectivity index (χ4n) is 3.64. The van der Waals surface area contributed by atoms with Gasteiger partial charge in [0.05, 0.1) is 32.3 Å². The summed E-state index contributed by atoms with van der Waals surface area (Å²) >= 11 is 0. The van der Waals surface area contributed by atoms with Crippen molar-refractivity contribution in [3.8, 4) is 11.5 Å². The van der Waals surface area contributed by atoms with Crippen LogP contribution in [0.5, 0.6) is 11.5 Å². The Kier molecular flexibility index (Phi) is 7.29. The maximum atomic E-state index is 11.9. The minimum atomic E-state index is -0.766. The van der Waals surface area contributed by atoms with E-state index in [-0.39, 0.29) is 11.9 Å². The highest BCUT2D eigenvalue weighted by Crippen LogP contribution is 2.34. The first-order valence-electron chi connectivity index (χ1n) is 9.19. The van der Waals surface area contributed by atoms with Gasteiger partial charge in [0, 0.05) is 24.7 Å². The Hall–Kier alpha value is -1.79. The maximum absolute atomic E-state index is 11.9. The summed E-state index contributed by atoms with van der Waals surface area (Å²) < 4.78 is 15.8. The molecule has 1 aliphatic carbocycles. The van der Waals surface area contributed by atoms with Crippen LogP contribution in [0.2, 0.25) is 0 Å². The van der Waals surface area contributed by atoms with E-state index < -0.39 is 5.60 Å². The van der Waals surface area contributed by atoms with E-state index in [1.807, 2.05) is 32.2 Å². The predicted octanol–water partition coefficient (Wildman–Crippen LogP) is 2.62. The Morgan fingerprint density at radius 3 is 2.54 bits per heavy atom. The van der Waals surface area contributed by atoms with Crippen LogP contribution in [0.3, 0.4) is 0 Å². The maximum Gasteiger partial charge on any atom is 0.308 e. The average Bonchev–Trinajstić information content (AvgIpc) is 2.62. The fraction of sp³-hybridized carbons (Fsp3) is 0.650. The van der Waals surface area contributed by atoms with E-state index >= 15 is 0 Å². The molecule has 0 atom stereocenters. The number of hydrogen-bond acceptors (Lipinski definition) is 6. The molecule has 1 fully saturated rings. The van der Waals surface area contributed by atoms with Gasteiger partial charge in [-0.25, -0.2) is 0 Å². The lowest BCUT2D eigenvalue weighted by Crippen LogP contribution is -2.45. The number of rotatable bonds is 8. The predicted molar refractivity (Wildman–Crippen MR) is 99.4 cm³/mol. The van der Waals surface area contributed by atoms with Crippen molar-refractivity contribution in [3.05, 3.63) is 23.8 Å². The molecular formula is C20H31NO5. The first-order valence-corrected chi connectivity index (χ1v) is 9.19. The van der Waals surface area contributed by atoms with E-state index in [0.29, 0.717) is 45.4 Å². The molecule has 0 aromatic heterocycles. The molecule has 1 aromatic carbocycles. The molecule has 1 aliphatic rings. The topological polar surface area (TPSA) is 68.2 Å². The quantitative estimate of drug-likeness (QED) is 0.714. The Labute approximate surface area is 156 Å². The number of benzene rings is 1. The van der Waals surface area contributed by atoms with Gasteiger partial charge in [-0.1, -0.05) is 6.07 Å². The summed E-state index contributed by atoms with van der Waals surface area (Å²) in [5.41, 5.74) is 0.275. The summed E-state index contributed by atoms with van der Waals surface area (Å²) in [5, 5.41) is 10.9. The third-order valence-corrected chi connectivity index (χ3v) is 5.03. The van der Waals surface area contributed by atoms with Crippen LogP contribution in [-0.2, 0) is 16.1 Å². The van der Waals surface area contributed by atoms with Crippen LogP contribution in [0.25, 0.3) is 0 Å². The SMILES string of the molecule is CCOC(=O)C1CCC(O)(CN(C)Cc2ccc(OC)cc2OC)CC1. The van der Waals surface area contributed by atoms with Gasteiger partial charge < -0.3 is 19.3 Å². The van der Waals surface area contributed by atoms with E-state index in [4.69, 9.17) is 14.2 Å². The highest BCUT2D eigenvalue weighted by atomic mass is 16.5. The third kappa shape index (κ3) is 5.35. The second-order valence-electron chi connectivity index (χ2n) is 7.10. The lowest BCUT2D eigenvalue weighted by Gasteiger charge is -2.38. The lowest BCUT2D eigenvalue weighted by molar-refractivity contribution is -0.151. The summed E-state index contributed by atoms with van der Waals surface area (Å²) in [7, 11) is 5.25. The average molecular weight is 365 g/mol. The van der Waals surface area contributed by atoms with E-state index in [1.165, 1.54) is 0 Å². The molecule has 0 radical (unpaired) electrons. The van der Waals surface area contributed by atoms with Gasteiger partial charge in [0.25, 0.3) is 0 Å². The number of ether oxygens (including phenoxy) is 3. The number of hydrogen-bond donors (Lipinski definition) is 1. The number of likely N-dealkylation sites (N-methyl/N-ethyl adjacent to an activating group) is 1. The van der Waals surface area contributed by atoms with Crippen LogP contribution in [0.15, 0.2) is 18.2 Å². The normalized spacial score (nSPS) is 22.9. The van der Waals surface area contributed by atoms with Crippen LogP contribution < -0.4 is 9.47 Å². The molecule has 1 saturated carbocycles. The number of carbonyl (C=O) groups excluding carboxylic acids is 1. The van der Waals surface area contributed by atoms with Gasteiger partial charge >= 0.3 is 5.97 Å². The molecule has 6 heteroatoms. The van der Waals surface area contributed by atoms with E-state index in [2.05, 4.69) is 4.90 Å². The summed E-state index contributed by atoms with van der Waals surface area (Å²) in [5.74, 6) is 1.31. The van der Waals surface area contributed by atoms with Crippen LogP contribution in [-0.4, -0.2) is 56.0 Å². The Bertz CT molecular complexity index is 596. The van der Waals surface area contributed by atoms with Crippen molar-refractivity contribution < 1.29 is 24.1 Å². The lowest BCUT2D eigenvalue weighted by atomic mass is 9.78. The summed E-state index contributed by atoms with van der Waals surface area (Å²) in [6.45, 7) is 3.44. The summed E-state index contributed by atoms with van der Waals surface area (Å²) in [6.07, 6.45) is 2.57. The van der Waals surface area contributed by atoms with Gasteiger partial charge in [-0.3, -0.25) is 9.69 Å². The van der Waals surface area contributed by atoms with E-state index in [9.17, 15) is 9.90 Å². The van der Waals surface area contributed by atoms with Crippen molar-refractivity contribution in [1.82, 2.24) is 4.90 Å². The van der Waals surface area contributed by atoms with Gasteiger partial charge in [0.1, 0.15) is 11.5 Å². The molecule has 0 spiro atoms. The van der Waals surface area contributed by atoms with E-state index in [1.54, 1.807) is 14.2 Å². The van der Waals surface area contributed by atoms with Crippen molar-refractivity contribution in [2.45, 2.75) is 44.8 Å². The molecule has 0 saturated heterocycles. The van der Waals surface area contributed by atoms with Gasteiger partial charge in [-0.15, -0.1) is 0 Å².